The monoisotopic (exact) mass is 361 g/mol. The van der Waals surface area contributed by atoms with Crippen LogP contribution in [0.25, 0.3) is 11.4 Å². The van der Waals surface area contributed by atoms with Crippen LogP contribution in [0.3, 0.4) is 0 Å². The molecule has 0 saturated carbocycles. The molecule has 25 heavy (non-hydrogen) atoms. The first-order valence-corrected chi connectivity index (χ1v) is 8.85. The summed E-state index contributed by atoms with van der Waals surface area (Å²) in [7, 11) is 1.85. The summed E-state index contributed by atoms with van der Waals surface area (Å²) in [6.45, 7) is 7.29. The summed E-state index contributed by atoms with van der Waals surface area (Å²) in [5.41, 5.74) is 1.28. The smallest absolute Gasteiger partial charge is 0.230 e. The van der Waals surface area contributed by atoms with Crippen LogP contribution in [-0.4, -0.2) is 37.9 Å². The standard InChI is InChI=1S/C17H23N5O2S/c1-11(23)18-13-8-6-7-12(9-13)15-20-21-16(22(15)5)25-10-14(24)19-17(2,3)4/h6-9H,10H2,1-5H3,(H,18,23)(H,19,24). The molecular formula is C17H23N5O2S. The predicted octanol–water partition coefficient (Wildman–Crippen LogP) is 2.45. The number of nitrogens with one attached hydrogen (secondary N) is 2. The number of rotatable bonds is 5. The minimum absolute atomic E-state index is 0.0466. The van der Waals surface area contributed by atoms with Crippen LogP contribution in [-0.2, 0) is 16.6 Å². The van der Waals surface area contributed by atoms with Crippen molar-refractivity contribution in [2.75, 3.05) is 11.1 Å². The second-order valence-electron chi connectivity index (χ2n) is 6.71. The predicted molar refractivity (Wildman–Crippen MR) is 99.4 cm³/mol. The van der Waals surface area contributed by atoms with Crippen molar-refractivity contribution in [2.45, 2.75) is 38.4 Å². The fourth-order valence-electron chi connectivity index (χ4n) is 2.22. The van der Waals surface area contributed by atoms with Crippen LogP contribution in [0.4, 0.5) is 5.69 Å². The molecule has 2 N–H and O–H groups in total. The average molecular weight is 361 g/mol. The van der Waals surface area contributed by atoms with Crippen molar-refractivity contribution in [3.63, 3.8) is 0 Å². The summed E-state index contributed by atoms with van der Waals surface area (Å²) in [6.07, 6.45) is 0. The number of carbonyl (C=O) groups excluding carboxylic acids is 2. The van der Waals surface area contributed by atoms with Gasteiger partial charge in [0.1, 0.15) is 0 Å². The summed E-state index contributed by atoms with van der Waals surface area (Å²) in [5, 5.41) is 14.7. The van der Waals surface area contributed by atoms with Gasteiger partial charge in [-0.15, -0.1) is 10.2 Å². The van der Waals surface area contributed by atoms with Gasteiger partial charge in [0.05, 0.1) is 5.75 Å². The van der Waals surface area contributed by atoms with Crippen molar-refractivity contribution >= 4 is 29.3 Å². The van der Waals surface area contributed by atoms with Gasteiger partial charge in [-0.1, -0.05) is 23.9 Å². The summed E-state index contributed by atoms with van der Waals surface area (Å²) in [4.78, 5) is 23.1. The van der Waals surface area contributed by atoms with E-state index >= 15 is 0 Å². The molecular weight excluding hydrogens is 338 g/mol. The highest BCUT2D eigenvalue weighted by Crippen LogP contribution is 2.24. The van der Waals surface area contributed by atoms with Gasteiger partial charge in [-0.05, 0) is 32.9 Å². The van der Waals surface area contributed by atoms with Gasteiger partial charge in [0.2, 0.25) is 11.8 Å². The Kier molecular flexibility index (Phi) is 5.84. The van der Waals surface area contributed by atoms with Crippen molar-refractivity contribution in [3.8, 4) is 11.4 Å². The first-order chi connectivity index (χ1) is 11.7. The number of carbonyl (C=O) groups is 2. The molecule has 0 atom stereocenters. The van der Waals surface area contributed by atoms with Crippen molar-refractivity contribution in [1.82, 2.24) is 20.1 Å². The van der Waals surface area contributed by atoms with Crippen LogP contribution in [0.1, 0.15) is 27.7 Å². The minimum Gasteiger partial charge on any atom is -0.351 e. The summed E-state index contributed by atoms with van der Waals surface area (Å²) >= 11 is 1.33. The van der Waals surface area contributed by atoms with E-state index in [9.17, 15) is 9.59 Å². The molecule has 1 aromatic heterocycles. The number of thioether (sulfide) groups is 1. The molecule has 0 unspecified atom stereocenters. The Balaban J connectivity index is 2.11. The number of hydrogen-bond donors (Lipinski definition) is 2. The molecule has 0 fully saturated rings. The average Bonchev–Trinajstić information content (AvgIpc) is 2.84. The van der Waals surface area contributed by atoms with Crippen LogP contribution >= 0.6 is 11.8 Å². The van der Waals surface area contributed by atoms with E-state index in [4.69, 9.17) is 0 Å². The van der Waals surface area contributed by atoms with Gasteiger partial charge in [0.15, 0.2) is 11.0 Å². The number of aromatic nitrogens is 3. The molecule has 0 spiro atoms. The fourth-order valence-corrected chi connectivity index (χ4v) is 2.93. The molecule has 2 aromatic rings. The normalized spacial score (nSPS) is 11.2. The molecule has 1 aromatic carbocycles. The Morgan fingerprint density at radius 3 is 2.60 bits per heavy atom. The van der Waals surface area contributed by atoms with Crippen LogP contribution in [0.2, 0.25) is 0 Å². The molecule has 0 aliphatic rings. The molecule has 0 aliphatic heterocycles. The number of anilines is 1. The molecule has 2 amide bonds. The SMILES string of the molecule is CC(=O)Nc1cccc(-c2nnc(SCC(=O)NC(C)(C)C)n2C)c1. The van der Waals surface area contributed by atoms with Crippen molar-refractivity contribution in [2.24, 2.45) is 7.05 Å². The fraction of sp³-hybridized carbons (Fsp3) is 0.412. The minimum atomic E-state index is -0.257. The van der Waals surface area contributed by atoms with E-state index in [1.807, 2.05) is 56.7 Å². The third-order valence-corrected chi connectivity index (χ3v) is 4.14. The first kappa shape index (κ1) is 19.0. The summed E-state index contributed by atoms with van der Waals surface area (Å²) < 4.78 is 1.84. The maximum atomic E-state index is 11.9. The van der Waals surface area contributed by atoms with Gasteiger partial charge in [-0.25, -0.2) is 0 Å². The highest BCUT2D eigenvalue weighted by atomic mass is 32.2. The molecule has 0 saturated heterocycles. The Morgan fingerprint density at radius 2 is 1.96 bits per heavy atom. The Hall–Kier alpha value is -2.35. The van der Waals surface area contributed by atoms with E-state index in [1.165, 1.54) is 18.7 Å². The molecule has 8 heteroatoms. The highest BCUT2D eigenvalue weighted by Gasteiger charge is 2.16. The molecule has 0 bridgehead atoms. The van der Waals surface area contributed by atoms with Crippen molar-refractivity contribution in [3.05, 3.63) is 24.3 Å². The molecule has 7 nitrogen and oxygen atoms in total. The Labute approximate surface area is 151 Å². The number of nitrogens with zero attached hydrogens (tertiary/aromatic N) is 3. The van der Waals surface area contributed by atoms with Crippen LogP contribution < -0.4 is 10.6 Å². The number of benzene rings is 1. The first-order valence-electron chi connectivity index (χ1n) is 7.87. The third-order valence-electron chi connectivity index (χ3n) is 3.12. The van der Waals surface area contributed by atoms with E-state index < -0.39 is 0 Å². The van der Waals surface area contributed by atoms with Gasteiger partial charge in [0.25, 0.3) is 0 Å². The largest absolute Gasteiger partial charge is 0.351 e. The Bertz CT molecular complexity index is 780. The van der Waals surface area contributed by atoms with Gasteiger partial charge in [-0.2, -0.15) is 0 Å². The maximum absolute atomic E-state index is 11.9. The molecule has 134 valence electrons. The zero-order valence-electron chi connectivity index (χ0n) is 15.1. The van der Waals surface area contributed by atoms with Crippen molar-refractivity contribution in [1.29, 1.82) is 0 Å². The summed E-state index contributed by atoms with van der Waals surface area (Å²) in [6, 6.07) is 7.40. The lowest BCUT2D eigenvalue weighted by Crippen LogP contribution is -2.41. The van der Waals surface area contributed by atoms with Crippen LogP contribution in [0.5, 0.6) is 0 Å². The Morgan fingerprint density at radius 1 is 1.24 bits per heavy atom. The van der Waals surface area contributed by atoms with Crippen LogP contribution in [0, 0.1) is 0 Å². The molecule has 0 radical (unpaired) electrons. The summed E-state index contributed by atoms with van der Waals surface area (Å²) in [5.74, 6) is 0.770. The molecule has 2 rings (SSSR count). The van der Waals surface area contributed by atoms with Gasteiger partial charge >= 0.3 is 0 Å². The lowest BCUT2D eigenvalue weighted by molar-refractivity contribution is -0.120. The third kappa shape index (κ3) is 5.60. The molecule has 1 heterocycles. The van der Waals surface area contributed by atoms with E-state index in [1.54, 1.807) is 0 Å². The second-order valence-corrected chi connectivity index (χ2v) is 7.66. The number of amides is 2. The van der Waals surface area contributed by atoms with E-state index in [0.29, 0.717) is 16.7 Å². The van der Waals surface area contributed by atoms with Gasteiger partial charge < -0.3 is 15.2 Å². The van der Waals surface area contributed by atoms with Gasteiger partial charge in [-0.3, -0.25) is 9.59 Å². The van der Waals surface area contributed by atoms with Crippen LogP contribution in [0.15, 0.2) is 29.4 Å². The highest BCUT2D eigenvalue weighted by molar-refractivity contribution is 7.99. The van der Waals surface area contributed by atoms with E-state index in [2.05, 4.69) is 20.8 Å². The van der Waals surface area contributed by atoms with E-state index in [-0.39, 0.29) is 23.1 Å². The number of hydrogen-bond acceptors (Lipinski definition) is 5. The lowest BCUT2D eigenvalue weighted by Gasteiger charge is -2.20. The lowest BCUT2D eigenvalue weighted by atomic mass is 10.1. The molecule has 0 aliphatic carbocycles. The zero-order chi connectivity index (χ0) is 18.6. The zero-order valence-corrected chi connectivity index (χ0v) is 15.9. The van der Waals surface area contributed by atoms with Gasteiger partial charge in [0, 0.05) is 30.8 Å². The quantitative estimate of drug-likeness (QED) is 0.799. The van der Waals surface area contributed by atoms with E-state index in [0.717, 1.165) is 5.56 Å². The topological polar surface area (TPSA) is 88.9 Å². The second kappa shape index (κ2) is 7.69. The maximum Gasteiger partial charge on any atom is 0.230 e. The van der Waals surface area contributed by atoms with Crippen molar-refractivity contribution < 1.29 is 9.59 Å².